The predicted octanol–water partition coefficient (Wildman–Crippen LogP) is 0.306. The molecule has 1 heterocycles. The lowest BCUT2D eigenvalue weighted by Crippen LogP contribution is -2.28. The molecule has 0 fully saturated rings. The molecule has 0 unspecified atom stereocenters. The molecule has 0 spiro atoms. The van der Waals surface area contributed by atoms with Gasteiger partial charge < -0.3 is 15.4 Å². The molecule has 0 aliphatic carbocycles. The van der Waals surface area contributed by atoms with Crippen molar-refractivity contribution in [2.24, 2.45) is 5.73 Å². The highest BCUT2D eigenvalue weighted by Crippen LogP contribution is 2.06. The summed E-state index contributed by atoms with van der Waals surface area (Å²) in [6.45, 7) is 4.70. The number of hydrogen-bond acceptors (Lipinski definition) is 3. The molecule has 0 atom stereocenters. The van der Waals surface area contributed by atoms with Crippen LogP contribution in [0, 0.1) is 13.8 Å². The fraction of sp³-hybridized carbons (Fsp3) is 0.545. The average Bonchev–Trinajstić information content (AvgIpc) is 2.17. The molecule has 0 aromatic carbocycles. The van der Waals surface area contributed by atoms with Gasteiger partial charge in [0.15, 0.2) is 0 Å². The van der Waals surface area contributed by atoms with Crippen molar-refractivity contribution >= 4 is 0 Å². The van der Waals surface area contributed by atoms with Gasteiger partial charge >= 0.3 is 0 Å². The van der Waals surface area contributed by atoms with Gasteiger partial charge in [-0.25, -0.2) is 0 Å². The Morgan fingerprint density at radius 1 is 1.47 bits per heavy atom. The molecule has 0 saturated carbocycles. The Bertz CT molecular complexity index is 396. The van der Waals surface area contributed by atoms with Crippen LogP contribution in [-0.2, 0) is 13.1 Å². The maximum absolute atomic E-state index is 11.9. The van der Waals surface area contributed by atoms with Crippen molar-refractivity contribution in [3.8, 4) is 0 Å². The molecule has 0 aliphatic heterocycles. The molecule has 4 heteroatoms. The molecule has 0 amide bonds. The molecule has 1 rings (SSSR count). The van der Waals surface area contributed by atoms with Gasteiger partial charge in [0, 0.05) is 31.0 Å². The van der Waals surface area contributed by atoms with E-state index in [9.17, 15) is 4.79 Å². The molecule has 0 aliphatic rings. The Balaban J connectivity index is 3.20. The largest absolute Gasteiger partial charge is 0.396 e. The third-order valence-electron chi connectivity index (χ3n) is 2.57. The number of nitrogens with two attached hydrogens (primary N) is 1. The number of aliphatic hydroxyl groups is 1. The zero-order valence-electron chi connectivity index (χ0n) is 9.29. The van der Waals surface area contributed by atoms with Gasteiger partial charge in [0.2, 0.25) is 0 Å². The first-order chi connectivity index (χ1) is 7.11. The summed E-state index contributed by atoms with van der Waals surface area (Å²) in [5, 5.41) is 8.75. The number of pyridine rings is 1. The third kappa shape index (κ3) is 2.46. The lowest BCUT2D eigenvalue weighted by Gasteiger charge is -2.12. The van der Waals surface area contributed by atoms with Crippen LogP contribution in [-0.4, -0.2) is 16.3 Å². The highest BCUT2D eigenvalue weighted by Gasteiger charge is 2.08. The van der Waals surface area contributed by atoms with Crippen LogP contribution in [0.2, 0.25) is 0 Å². The monoisotopic (exact) mass is 210 g/mol. The fourth-order valence-electron chi connectivity index (χ4n) is 1.73. The average molecular weight is 210 g/mol. The Kier molecular flexibility index (Phi) is 4.05. The lowest BCUT2D eigenvalue weighted by molar-refractivity contribution is 0.278. The van der Waals surface area contributed by atoms with Gasteiger partial charge in [-0.15, -0.1) is 0 Å². The first-order valence-corrected chi connectivity index (χ1v) is 5.12. The van der Waals surface area contributed by atoms with Crippen molar-refractivity contribution in [1.29, 1.82) is 0 Å². The minimum Gasteiger partial charge on any atom is -0.396 e. The summed E-state index contributed by atoms with van der Waals surface area (Å²) < 4.78 is 1.67. The second-order valence-corrected chi connectivity index (χ2v) is 3.69. The Morgan fingerprint density at radius 2 is 2.13 bits per heavy atom. The zero-order valence-corrected chi connectivity index (χ0v) is 9.29. The fourth-order valence-corrected chi connectivity index (χ4v) is 1.73. The summed E-state index contributed by atoms with van der Waals surface area (Å²) in [5.41, 5.74) is 8.04. The van der Waals surface area contributed by atoms with Gasteiger partial charge in [-0.05, 0) is 31.9 Å². The van der Waals surface area contributed by atoms with Gasteiger partial charge in [-0.3, -0.25) is 4.79 Å². The number of aromatic nitrogens is 1. The highest BCUT2D eigenvalue weighted by molar-refractivity contribution is 5.25. The third-order valence-corrected chi connectivity index (χ3v) is 2.57. The van der Waals surface area contributed by atoms with Crippen LogP contribution in [0.25, 0.3) is 0 Å². The van der Waals surface area contributed by atoms with Gasteiger partial charge in [0.25, 0.3) is 5.56 Å². The second kappa shape index (κ2) is 5.09. The SMILES string of the molecule is Cc1cc(C)n(CCCO)c(=O)c1CN. The van der Waals surface area contributed by atoms with E-state index >= 15 is 0 Å². The van der Waals surface area contributed by atoms with Crippen LogP contribution in [0.5, 0.6) is 0 Å². The smallest absolute Gasteiger partial charge is 0.255 e. The minimum absolute atomic E-state index is 0.0246. The van der Waals surface area contributed by atoms with E-state index in [-0.39, 0.29) is 18.7 Å². The molecular formula is C11H18N2O2. The van der Waals surface area contributed by atoms with E-state index in [1.807, 2.05) is 19.9 Å². The molecule has 0 saturated heterocycles. The summed E-state index contributed by atoms with van der Waals surface area (Å²) in [4.78, 5) is 11.9. The first-order valence-electron chi connectivity index (χ1n) is 5.12. The number of aliphatic hydroxyl groups excluding tert-OH is 1. The molecule has 0 bridgehead atoms. The number of aryl methyl sites for hydroxylation is 2. The Morgan fingerprint density at radius 3 is 2.67 bits per heavy atom. The van der Waals surface area contributed by atoms with E-state index in [4.69, 9.17) is 10.8 Å². The maximum atomic E-state index is 11.9. The van der Waals surface area contributed by atoms with Crippen LogP contribution in [0.15, 0.2) is 10.9 Å². The standard InChI is InChI=1S/C11H18N2O2/c1-8-6-9(2)13(4-3-5-14)11(15)10(8)7-12/h6,14H,3-5,7,12H2,1-2H3. The zero-order chi connectivity index (χ0) is 11.4. The van der Waals surface area contributed by atoms with Crippen molar-refractivity contribution in [1.82, 2.24) is 4.57 Å². The molecule has 1 aromatic rings. The van der Waals surface area contributed by atoms with E-state index in [0.717, 1.165) is 11.3 Å². The molecular weight excluding hydrogens is 192 g/mol. The number of rotatable bonds is 4. The molecule has 0 radical (unpaired) electrons. The van der Waals surface area contributed by atoms with Crippen molar-refractivity contribution in [2.45, 2.75) is 33.4 Å². The molecule has 4 nitrogen and oxygen atoms in total. The van der Waals surface area contributed by atoms with Gasteiger partial charge in [0.1, 0.15) is 0 Å². The summed E-state index contributed by atoms with van der Waals surface area (Å²) in [7, 11) is 0. The predicted molar refractivity (Wildman–Crippen MR) is 59.8 cm³/mol. The summed E-state index contributed by atoms with van der Waals surface area (Å²) in [6.07, 6.45) is 0.591. The molecule has 3 N–H and O–H groups in total. The second-order valence-electron chi connectivity index (χ2n) is 3.69. The van der Waals surface area contributed by atoms with E-state index in [1.165, 1.54) is 0 Å². The Labute approximate surface area is 89.3 Å². The van der Waals surface area contributed by atoms with Crippen molar-refractivity contribution in [3.63, 3.8) is 0 Å². The summed E-state index contributed by atoms with van der Waals surface area (Å²) in [6, 6.07) is 1.96. The van der Waals surface area contributed by atoms with E-state index < -0.39 is 0 Å². The van der Waals surface area contributed by atoms with Gasteiger partial charge in [0.05, 0.1) is 0 Å². The van der Waals surface area contributed by atoms with Gasteiger partial charge in [-0.2, -0.15) is 0 Å². The highest BCUT2D eigenvalue weighted by atomic mass is 16.3. The summed E-state index contributed by atoms with van der Waals surface area (Å²) in [5.74, 6) is 0. The lowest BCUT2D eigenvalue weighted by atomic mass is 10.1. The molecule has 84 valence electrons. The van der Waals surface area contributed by atoms with Crippen LogP contribution in [0.3, 0.4) is 0 Å². The summed E-state index contributed by atoms with van der Waals surface area (Å²) >= 11 is 0. The number of nitrogens with zero attached hydrogens (tertiary/aromatic N) is 1. The van der Waals surface area contributed by atoms with Crippen LogP contribution >= 0.6 is 0 Å². The van der Waals surface area contributed by atoms with E-state index in [2.05, 4.69) is 0 Å². The van der Waals surface area contributed by atoms with Crippen molar-refractivity contribution < 1.29 is 5.11 Å². The minimum atomic E-state index is -0.0246. The van der Waals surface area contributed by atoms with Crippen LogP contribution in [0.1, 0.15) is 23.2 Å². The van der Waals surface area contributed by atoms with Crippen molar-refractivity contribution in [2.75, 3.05) is 6.61 Å². The topological polar surface area (TPSA) is 68.2 Å². The van der Waals surface area contributed by atoms with E-state index in [1.54, 1.807) is 4.57 Å². The molecule has 15 heavy (non-hydrogen) atoms. The normalized spacial score (nSPS) is 10.7. The van der Waals surface area contributed by atoms with E-state index in [0.29, 0.717) is 18.5 Å². The van der Waals surface area contributed by atoms with Gasteiger partial charge in [-0.1, -0.05) is 0 Å². The maximum Gasteiger partial charge on any atom is 0.255 e. The first kappa shape index (κ1) is 11.9. The number of hydrogen-bond donors (Lipinski definition) is 2. The van der Waals surface area contributed by atoms with Crippen molar-refractivity contribution in [3.05, 3.63) is 33.2 Å². The molecule has 1 aromatic heterocycles. The quantitative estimate of drug-likeness (QED) is 0.751. The van der Waals surface area contributed by atoms with Crippen LogP contribution < -0.4 is 11.3 Å². The van der Waals surface area contributed by atoms with Crippen LogP contribution in [0.4, 0.5) is 0 Å². The Hall–Kier alpha value is -1.13.